The largest absolute Gasteiger partial charge is 0.472 e. The minimum absolute atomic E-state index is 0.0120. The molecular formula is C45H82NO11P. The van der Waals surface area contributed by atoms with Gasteiger partial charge in [-0.3, -0.25) is 23.4 Å². The minimum Gasteiger partial charge on any atom is -0.462 e. The summed E-state index contributed by atoms with van der Waals surface area (Å²) in [5.41, 5.74) is 5.34. The van der Waals surface area contributed by atoms with Crippen LogP contribution >= 0.6 is 7.82 Å². The Morgan fingerprint density at radius 3 is 1.91 bits per heavy atom. The van der Waals surface area contributed by atoms with Crippen molar-refractivity contribution in [2.75, 3.05) is 26.4 Å². The third-order valence-electron chi connectivity index (χ3n) is 10.7. The lowest BCUT2D eigenvalue weighted by atomic mass is 9.90. The van der Waals surface area contributed by atoms with E-state index in [-0.39, 0.29) is 50.7 Å². The zero-order valence-corrected chi connectivity index (χ0v) is 37.1. The predicted molar refractivity (Wildman–Crippen MR) is 230 cm³/mol. The predicted octanol–water partition coefficient (Wildman–Crippen LogP) is 9.76. The van der Waals surface area contributed by atoms with Gasteiger partial charge in [-0.25, -0.2) is 4.57 Å². The average molecular weight is 844 g/mol. The molecule has 0 aromatic heterocycles. The summed E-state index contributed by atoms with van der Waals surface area (Å²) in [5.74, 6) is -1.78. The molecule has 1 rings (SSSR count). The molecule has 1 unspecified atom stereocenters. The normalized spacial score (nSPS) is 19.2. The van der Waals surface area contributed by atoms with E-state index in [2.05, 4.69) is 13.8 Å². The van der Waals surface area contributed by atoms with Crippen LogP contribution in [0.4, 0.5) is 0 Å². The fourth-order valence-corrected chi connectivity index (χ4v) is 7.97. The number of phosphoric ester groups is 1. The third kappa shape index (κ3) is 29.3. The summed E-state index contributed by atoms with van der Waals surface area (Å²) in [6, 6.07) is 0. The number of carbonyl (C=O) groups excluding carboxylic acids is 3. The molecule has 1 fully saturated rings. The lowest BCUT2D eigenvalue weighted by Gasteiger charge is -2.19. The Kier molecular flexibility index (Phi) is 33.4. The summed E-state index contributed by atoms with van der Waals surface area (Å²) in [5, 5.41) is 20.7. The van der Waals surface area contributed by atoms with E-state index >= 15 is 0 Å². The number of carbonyl (C=O) groups is 3. The number of allylic oxidation sites excluding steroid dienone is 3. The molecule has 0 aromatic rings. The van der Waals surface area contributed by atoms with E-state index in [0.717, 1.165) is 38.5 Å². The van der Waals surface area contributed by atoms with Gasteiger partial charge in [0.2, 0.25) is 0 Å². The first kappa shape index (κ1) is 54.1. The number of hydrogen-bond donors (Lipinski definition) is 4. The SMILES string of the molecule is CCCCCCCCCCCCCCCCCCCC(=O)OC[C@H](COP(=O)(O)OCCN)OC(=O)CCC/C=C\C[C@H]1[C@@H](O)CC(=O)[C@@H]1/C=C/[C@@H](O)CCCCC. The van der Waals surface area contributed by atoms with E-state index in [9.17, 15) is 34.1 Å². The lowest BCUT2D eigenvalue weighted by Crippen LogP contribution is -2.29. The van der Waals surface area contributed by atoms with Crippen molar-refractivity contribution in [1.82, 2.24) is 0 Å². The van der Waals surface area contributed by atoms with Crippen LogP contribution in [-0.4, -0.2) is 77.5 Å². The number of aliphatic hydroxyl groups excluding tert-OH is 2. The molecule has 0 spiro atoms. The van der Waals surface area contributed by atoms with E-state index in [4.69, 9.17) is 24.3 Å². The van der Waals surface area contributed by atoms with Gasteiger partial charge in [-0.1, -0.05) is 160 Å². The molecule has 5 N–H and O–H groups in total. The van der Waals surface area contributed by atoms with Crippen LogP contribution < -0.4 is 5.73 Å². The van der Waals surface area contributed by atoms with Crippen LogP contribution in [0.3, 0.4) is 0 Å². The summed E-state index contributed by atoms with van der Waals surface area (Å²) in [4.78, 5) is 47.6. The topological polar surface area (TPSA) is 192 Å². The molecule has 0 saturated heterocycles. The van der Waals surface area contributed by atoms with Crippen LogP contribution in [0.5, 0.6) is 0 Å². The zero-order chi connectivity index (χ0) is 42.7. The Morgan fingerprint density at radius 1 is 0.776 bits per heavy atom. The molecular weight excluding hydrogens is 761 g/mol. The van der Waals surface area contributed by atoms with Gasteiger partial charge in [-0.2, -0.15) is 0 Å². The summed E-state index contributed by atoms with van der Waals surface area (Å²) >= 11 is 0. The number of rotatable bonds is 39. The second-order valence-electron chi connectivity index (χ2n) is 16.1. The quantitative estimate of drug-likeness (QED) is 0.0199. The first-order valence-corrected chi connectivity index (χ1v) is 24.4. The van der Waals surface area contributed by atoms with Gasteiger partial charge in [-0.05, 0) is 32.1 Å². The molecule has 0 aromatic carbocycles. The highest BCUT2D eigenvalue weighted by Gasteiger charge is 2.39. The second-order valence-corrected chi connectivity index (χ2v) is 17.5. The number of unbranched alkanes of at least 4 members (excludes halogenated alkanes) is 19. The molecule has 0 aliphatic heterocycles. The molecule has 58 heavy (non-hydrogen) atoms. The van der Waals surface area contributed by atoms with Gasteiger partial charge >= 0.3 is 19.8 Å². The molecule has 12 nitrogen and oxygen atoms in total. The Hall–Kier alpha value is -1.92. The molecule has 1 aliphatic carbocycles. The van der Waals surface area contributed by atoms with E-state index in [1.165, 1.54) is 83.5 Å². The molecule has 338 valence electrons. The maximum atomic E-state index is 12.7. The van der Waals surface area contributed by atoms with E-state index < -0.39 is 50.6 Å². The van der Waals surface area contributed by atoms with Crippen LogP contribution in [-0.2, 0) is 37.5 Å². The smallest absolute Gasteiger partial charge is 0.462 e. The van der Waals surface area contributed by atoms with Gasteiger partial charge in [-0.15, -0.1) is 0 Å². The number of ketones is 1. The number of esters is 2. The Labute approximate surface area is 351 Å². The van der Waals surface area contributed by atoms with Crippen molar-refractivity contribution < 1.29 is 52.6 Å². The van der Waals surface area contributed by atoms with Gasteiger partial charge in [0, 0.05) is 37.6 Å². The molecule has 6 atom stereocenters. The van der Waals surface area contributed by atoms with Crippen LogP contribution in [0, 0.1) is 11.8 Å². The third-order valence-corrected chi connectivity index (χ3v) is 11.7. The first-order valence-electron chi connectivity index (χ1n) is 22.9. The summed E-state index contributed by atoms with van der Waals surface area (Å²) in [7, 11) is -4.45. The van der Waals surface area contributed by atoms with Crippen molar-refractivity contribution in [2.45, 2.75) is 206 Å². The number of ether oxygens (including phenoxy) is 2. The van der Waals surface area contributed by atoms with Crippen molar-refractivity contribution in [2.24, 2.45) is 17.6 Å². The molecule has 0 amide bonds. The van der Waals surface area contributed by atoms with Gasteiger partial charge in [0.25, 0.3) is 0 Å². The second kappa shape index (κ2) is 35.8. The van der Waals surface area contributed by atoms with Crippen LogP contribution in [0.15, 0.2) is 24.3 Å². The zero-order valence-electron chi connectivity index (χ0n) is 36.2. The van der Waals surface area contributed by atoms with Crippen molar-refractivity contribution in [3.8, 4) is 0 Å². The Bertz CT molecular complexity index is 1170. The minimum atomic E-state index is -4.45. The molecule has 1 aliphatic rings. The van der Waals surface area contributed by atoms with Crippen molar-refractivity contribution >= 4 is 25.5 Å². The van der Waals surface area contributed by atoms with Crippen LogP contribution in [0.2, 0.25) is 0 Å². The highest BCUT2D eigenvalue weighted by atomic mass is 31.2. The average Bonchev–Trinajstić information content (AvgIpc) is 3.47. The van der Waals surface area contributed by atoms with Crippen molar-refractivity contribution in [3.05, 3.63) is 24.3 Å². The fourth-order valence-electron chi connectivity index (χ4n) is 7.20. The number of nitrogens with two attached hydrogens (primary N) is 1. The maximum Gasteiger partial charge on any atom is 0.472 e. The van der Waals surface area contributed by atoms with Crippen molar-refractivity contribution in [3.63, 3.8) is 0 Å². The number of Topliss-reactive ketones (excluding diaryl/α,β-unsaturated/α-hetero) is 1. The standard InChI is InChI=1S/C45H82NO11P/c1-3-5-7-8-9-10-11-12-13-14-15-16-17-18-19-20-25-29-44(50)54-36-39(37-56-58(52,53)55-34-33-46)57-45(51)30-26-22-21-24-28-40-41(43(49)35-42(40)48)32-31-38(47)27-23-6-4-2/h21,24,31-32,38-42,47-48H,3-20,22-23,25-30,33-37,46H2,1-2H3,(H,52,53)/b24-21-,32-31+/t38-,39+,40+,41+,42-/m0/s1. The highest BCUT2D eigenvalue weighted by molar-refractivity contribution is 7.47. The first-order chi connectivity index (χ1) is 28.0. The summed E-state index contributed by atoms with van der Waals surface area (Å²) < 4.78 is 32.8. The Balaban J connectivity index is 2.37. The van der Waals surface area contributed by atoms with E-state index in [1.54, 1.807) is 12.2 Å². The van der Waals surface area contributed by atoms with Gasteiger partial charge in [0.15, 0.2) is 6.10 Å². The summed E-state index contributed by atoms with van der Waals surface area (Å²) in [6.07, 6.45) is 31.4. The number of aliphatic hydroxyl groups is 2. The fraction of sp³-hybridized carbons (Fsp3) is 0.844. The molecule has 13 heteroatoms. The molecule has 0 heterocycles. The van der Waals surface area contributed by atoms with Crippen LogP contribution in [0.25, 0.3) is 0 Å². The number of hydrogen-bond acceptors (Lipinski definition) is 11. The molecule has 0 radical (unpaired) electrons. The summed E-state index contributed by atoms with van der Waals surface area (Å²) in [6.45, 7) is 3.33. The van der Waals surface area contributed by atoms with Gasteiger partial charge in [0.05, 0.1) is 25.4 Å². The number of phosphoric acid groups is 1. The van der Waals surface area contributed by atoms with E-state index in [1.807, 2.05) is 12.2 Å². The van der Waals surface area contributed by atoms with Crippen LogP contribution in [0.1, 0.15) is 187 Å². The van der Waals surface area contributed by atoms with Crippen molar-refractivity contribution in [1.29, 1.82) is 0 Å². The monoisotopic (exact) mass is 844 g/mol. The molecule has 1 saturated carbocycles. The van der Waals surface area contributed by atoms with Gasteiger partial charge < -0.3 is 30.3 Å². The Morgan fingerprint density at radius 2 is 1.33 bits per heavy atom. The highest BCUT2D eigenvalue weighted by Crippen LogP contribution is 2.43. The maximum absolute atomic E-state index is 12.7. The van der Waals surface area contributed by atoms with Gasteiger partial charge in [0.1, 0.15) is 12.4 Å². The lowest BCUT2D eigenvalue weighted by molar-refractivity contribution is -0.161. The van der Waals surface area contributed by atoms with E-state index in [0.29, 0.717) is 32.1 Å². The molecule has 0 bridgehead atoms.